The van der Waals surface area contributed by atoms with Crippen LogP contribution in [0.25, 0.3) is 0 Å². The molecule has 1 aliphatic rings. The summed E-state index contributed by atoms with van der Waals surface area (Å²) in [5.41, 5.74) is 1.22. The van der Waals surface area contributed by atoms with Gasteiger partial charge in [0.2, 0.25) is 0 Å². The molecule has 0 aliphatic carbocycles. The number of hydrogen-bond donors (Lipinski definition) is 1. The molecule has 5 heteroatoms. The molecule has 1 N–H and O–H groups in total. The Morgan fingerprint density at radius 1 is 1.41 bits per heavy atom. The number of rotatable bonds is 2. The number of halogens is 1. The third kappa shape index (κ3) is 2.86. The number of ether oxygens (including phenoxy) is 1. The minimum absolute atomic E-state index is 0.0372. The van der Waals surface area contributed by atoms with Crippen molar-refractivity contribution in [2.45, 2.75) is 6.61 Å². The highest BCUT2D eigenvalue weighted by Crippen LogP contribution is 2.19. The van der Waals surface area contributed by atoms with Crippen LogP contribution in [0.5, 0.6) is 0 Å². The van der Waals surface area contributed by atoms with Crippen LogP contribution in [0.3, 0.4) is 0 Å². The number of benzene rings is 1. The predicted octanol–water partition coefficient (Wildman–Crippen LogP) is 1.41. The number of carbonyl (C=O) groups is 1. The fraction of sp³-hybridized carbons (Fsp3) is 0.417. The molecule has 92 valence electrons. The van der Waals surface area contributed by atoms with Crippen LogP contribution in [0, 0.1) is 0 Å². The van der Waals surface area contributed by atoms with Crippen molar-refractivity contribution in [2.75, 3.05) is 26.3 Å². The summed E-state index contributed by atoms with van der Waals surface area (Å²) < 4.78 is 6.07. The minimum Gasteiger partial charge on any atom is -0.392 e. The van der Waals surface area contributed by atoms with Gasteiger partial charge in [-0.2, -0.15) is 0 Å². The van der Waals surface area contributed by atoms with Crippen molar-refractivity contribution in [3.63, 3.8) is 0 Å². The van der Waals surface area contributed by atoms with Crippen molar-refractivity contribution < 1.29 is 14.6 Å². The van der Waals surface area contributed by atoms with Gasteiger partial charge in [-0.25, -0.2) is 0 Å². The molecule has 0 unspecified atom stereocenters. The Bertz CT molecular complexity index is 416. The Labute approximate surface area is 108 Å². The Morgan fingerprint density at radius 2 is 2.12 bits per heavy atom. The smallest absolute Gasteiger partial charge is 0.254 e. The number of aliphatic hydroxyl groups excluding tert-OH is 1. The first kappa shape index (κ1) is 12.5. The van der Waals surface area contributed by atoms with Crippen LogP contribution in [0.2, 0.25) is 0 Å². The molecule has 0 atom stereocenters. The second kappa shape index (κ2) is 5.62. The zero-order valence-corrected chi connectivity index (χ0v) is 10.9. The average molecular weight is 300 g/mol. The van der Waals surface area contributed by atoms with Crippen molar-refractivity contribution >= 4 is 21.8 Å². The first-order valence-corrected chi connectivity index (χ1v) is 6.28. The van der Waals surface area contributed by atoms with Crippen molar-refractivity contribution in [1.82, 2.24) is 4.90 Å². The maximum absolute atomic E-state index is 12.2. The van der Waals surface area contributed by atoms with Gasteiger partial charge in [-0.1, -0.05) is 15.9 Å². The van der Waals surface area contributed by atoms with Crippen LogP contribution in [0.15, 0.2) is 22.7 Å². The van der Waals surface area contributed by atoms with E-state index in [0.717, 1.165) is 4.47 Å². The summed E-state index contributed by atoms with van der Waals surface area (Å²) in [6.07, 6.45) is 0. The molecule has 1 fully saturated rings. The molecule has 17 heavy (non-hydrogen) atoms. The van der Waals surface area contributed by atoms with Gasteiger partial charge >= 0.3 is 0 Å². The van der Waals surface area contributed by atoms with Gasteiger partial charge in [0.05, 0.1) is 19.8 Å². The average Bonchev–Trinajstić information content (AvgIpc) is 2.39. The van der Waals surface area contributed by atoms with Gasteiger partial charge in [-0.3, -0.25) is 4.79 Å². The number of nitrogens with zero attached hydrogens (tertiary/aromatic N) is 1. The highest BCUT2D eigenvalue weighted by molar-refractivity contribution is 9.10. The molecule has 0 spiro atoms. The molecule has 0 saturated carbocycles. The van der Waals surface area contributed by atoms with E-state index in [9.17, 15) is 9.90 Å². The van der Waals surface area contributed by atoms with Crippen molar-refractivity contribution in [1.29, 1.82) is 0 Å². The molecule has 1 amide bonds. The number of hydrogen-bond acceptors (Lipinski definition) is 3. The summed E-state index contributed by atoms with van der Waals surface area (Å²) in [7, 11) is 0. The molecule has 1 aromatic carbocycles. The van der Waals surface area contributed by atoms with Gasteiger partial charge < -0.3 is 14.7 Å². The maximum Gasteiger partial charge on any atom is 0.254 e. The van der Waals surface area contributed by atoms with Crippen molar-refractivity contribution in [2.24, 2.45) is 0 Å². The second-order valence-electron chi connectivity index (χ2n) is 3.86. The summed E-state index contributed by atoms with van der Waals surface area (Å²) in [6, 6.07) is 5.33. The topological polar surface area (TPSA) is 49.8 Å². The van der Waals surface area contributed by atoms with E-state index in [0.29, 0.717) is 37.4 Å². The van der Waals surface area contributed by atoms with E-state index in [-0.39, 0.29) is 12.5 Å². The Balaban J connectivity index is 2.23. The lowest BCUT2D eigenvalue weighted by molar-refractivity contribution is 0.0301. The third-order valence-electron chi connectivity index (χ3n) is 2.77. The Morgan fingerprint density at radius 3 is 2.76 bits per heavy atom. The van der Waals surface area contributed by atoms with E-state index in [1.165, 1.54) is 0 Å². The zero-order chi connectivity index (χ0) is 12.3. The number of carbonyl (C=O) groups excluding carboxylic acids is 1. The van der Waals surface area contributed by atoms with Gasteiger partial charge in [-0.05, 0) is 23.8 Å². The number of aliphatic hydroxyl groups is 1. The number of morpholine rings is 1. The number of amides is 1. The maximum atomic E-state index is 12.2. The van der Waals surface area contributed by atoms with E-state index >= 15 is 0 Å². The monoisotopic (exact) mass is 299 g/mol. The largest absolute Gasteiger partial charge is 0.392 e. The first-order chi connectivity index (χ1) is 8.22. The van der Waals surface area contributed by atoms with Gasteiger partial charge in [0.25, 0.3) is 5.91 Å². The van der Waals surface area contributed by atoms with Crippen molar-refractivity contribution in [3.8, 4) is 0 Å². The van der Waals surface area contributed by atoms with E-state index in [1.807, 2.05) is 6.07 Å². The molecular formula is C12H14BrNO3. The molecule has 1 saturated heterocycles. The molecule has 1 aliphatic heterocycles. The zero-order valence-electron chi connectivity index (χ0n) is 9.36. The molecular weight excluding hydrogens is 286 g/mol. The molecule has 1 aromatic rings. The first-order valence-electron chi connectivity index (χ1n) is 5.48. The van der Waals surface area contributed by atoms with E-state index < -0.39 is 0 Å². The van der Waals surface area contributed by atoms with Gasteiger partial charge in [0.1, 0.15) is 0 Å². The van der Waals surface area contributed by atoms with Crippen LogP contribution < -0.4 is 0 Å². The highest BCUT2D eigenvalue weighted by atomic mass is 79.9. The summed E-state index contributed by atoms with van der Waals surface area (Å²) in [5.74, 6) is -0.0372. The van der Waals surface area contributed by atoms with Gasteiger partial charge in [0.15, 0.2) is 0 Å². The molecule has 0 aromatic heterocycles. The summed E-state index contributed by atoms with van der Waals surface area (Å²) in [6.45, 7) is 2.25. The van der Waals surface area contributed by atoms with Crippen LogP contribution in [0.1, 0.15) is 15.9 Å². The summed E-state index contributed by atoms with van der Waals surface area (Å²) in [5, 5.41) is 9.27. The molecule has 2 rings (SSSR count). The predicted molar refractivity (Wildman–Crippen MR) is 66.8 cm³/mol. The second-order valence-corrected chi connectivity index (χ2v) is 4.78. The SMILES string of the molecule is O=C(c1ccc(Br)cc1CO)N1CCOCC1. The quantitative estimate of drug-likeness (QED) is 0.898. The van der Waals surface area contributed by atoms with Crippen LogP contribution in [0.4, 0.5) is 0 Å². The fourth-order valence-corrected chi connectivity index (χ4v) is 2.25. The Hall–Kier alpha value is -0.910. The normalized spacial score (nSPS) is 16.0. The summed E-state index contributed by atoms with van der Waals surface area (Å²) >= 11 is 3.33. The fourth-order valence-electron chi connectivity index (χ4n) is 1.84. The van der Waals surface area contributed by atoms with E-state index in [4.69, 9.17) is 4.74 Å². The van der Waals surface area contributed by atoms with E-state index in [2.05, 4.69) is 15.9 Å². The van der Waals surface area contributed by atoms with Gasteiger partial charge in [-0.15, -0.1) is 0 Å². The summed E-state index contributed by atoms with van der Waals surface area (Å²) in [4.78, 5) is 14.0. The standard InChI is InChI=1S/C12H14BrNO3/c13-10-1-2-11(9(7-10)8-15)12(16)14-3-5-17-6-4-14/h1-2,7,15H,3-6,8H2. The van der Waals surface area contributed by atoms with Crippen LogP contribution in [-0.2, 0) is 11.3 Å². The van der Waals surface area contributed by atoms with Crippen molar-refractivity contribution in [3.05, 3.63) is 33.8 Å². The Kier molecular flexibility index (Phi) is 4.15. The minimum atomic E-state index is -0.134. The third-order valence-corrected chi connectivity index (χ3v) is 3.26. The van der Waals surface area contributed by atoms with E-state index in [1.54, 1.807) is 17.0 Å². The highest BCUT2D eigenvalue weighted by Gasteiger charge is 2.20. The van der Waals surface area contributed by atoms with Gasteiger partial charge in [0, 0.05) is 23.1 Å². The molecule has 1 heterocycles. The molecule has 4 nitrogen and oxygen atoms in total. The lowest BCUT2D eigenvalue weighted by atomic mass is 10.1. The van der Waals surface area contributed by atoms with Crippen LogP contribution in [-0.4, -0.2) is 42.2 Å². The lowest BCUT2D eigenvalue weighted by Gasteiger charge is -2.27. The molecule has 0 radical (unpaired) electrons. The van der Waals surface area contributed by atoms with Crippen LogP contribution >= 0.6 is 15.9 Å². The molecule has 0 bridgehead atoms. The lowest BCUT2D eigenvalue weighted by Crippen LogP contribution is -2.41.